The van der Waals surface area contributed by atoms with Crippen LogP contribution in [0.4, 0.5) is 0 Å². The SMILES string of the molecule is O=C(Oc1ccc2c(c1)OC(c1ccccc1)(c1ccccc1)OC2)c1cc(O)c2c(c1)OC(c1ccccc1)(c1ccccc1)O2. The van der Waals surface area contributed by atoms with Gasteiger partial charge in [-0.3, -0.25) is 0 Å². The van der Waals surface area contributed by atoms with E-state index in [4.69, 9.17) is 23.7 Å². The normalized spacial score (nSPS) is 15.2. The van der Waals surface area contributed by atoms with Crippen molar-refractivity contribution in [2.45, 2.75) is 18.2 Å². The second-order valence-electron chi connectivity index (χ2n) is 11.3. The van der Waals surface area contributed by atoms with Crippen LogP contribution in [0.25, 0.3) is 0 Å². The number of phenols is 1. The van der Waals surface area contributed by atoms with Gasteiger partial charge in [-0.15, -0.1) is 0 Å². The Bertz CT molecular complexity index is 1980. The predicted molar refractivity (Wildman–Crippen MR) is 174 cm³/mol. The van der Waals surface area contributed by atoms with Crippen LogP contribution in [0.2, 0.25) is 0 Å². The number of rotatable bonds is 6. The lowest BCUT2D eigenvalue weighted by atomic mass is 9.95. The molecule has 0 unspecified atom stereocenters. The van der Waals surface area contributed by atoms with Gasteiger partial charge in [0.15, 0.2) is 11.5 Å². The van der Waals surface area contributed by atoms with Crippen molar-refractivity contribution in [1.29, 1.82) is 0 Å². The highest BCUT2D eigenvalue weighted by Gasteiger charge is 2.47. The molecule has 47 heavy (non-hydrogen) atoms. The Morgan fingerprint density at radius 1 is 0.574 bits per heavy atom. The average Bonchev–Trinajstić information content (AvgIpc) is 3.54. The molecule has 0 radical (unpaired) electrons. The molecule has 230 valence electrons. The first-order valence-electron chi connectivity index (χ1n) is 15.2. The first-order valence-corrected chi connectivity index (χ1v) is 15.2. The Hall–Kier alpha value is -6.05. The van der Waals surface area contributed by atoms with Crippen LogP contribution in [-0.2, 0) is 22.9 Å². The van der Waals surface area contributed by atoms with Gasteiger partial charge >= 0.3 is 11.8 Å². The molecular formula is C40H28O7. The Labute approximate surface area is 271 Å². The standard InChI is InChI=1S/C40H28O7/c41-34-23-28(24-36-37(34)47-40(46-36,31-17-9-3-10-18-31)32-19-11-4-12-20-32)38(42)44-33-22-21-27-26-43-39(45-35(27)25-33,29-13-5-1-6-14-29)30-15-7-2-8-16-30/h1-25,41H,26H2. The quantitative estimate of drug-likeness (QED) is 0.149. The minimum absolute atomic E-state index is 0.0895. The smallest absolute Gasteiger partial charge is 0.343 e. The molecule has 1 N–H and O–H groups in total. The third-order valence-electron chi connectivity index (χ3n) is 8.32. The van der Waals surface area contributed by atoms with E-state index in [-0.39, 0.29) is 35.2 Å². The maximum Gasteiger partial charge on any atom is 0.343 e. The van der Waals surface area contributed by atoms with E-state index in [0.717, 1.165) is 27.8 Å². The Morgan fingerprint density at radius 3 is 1.64 bits per heavy atom. The molecule has 0 saturated heterocycles. The lowest BCUT2D eigenvalue weighted by molar-refractivity contribution is -0.184. The van der Waals surface area contributed by atoms with Gasteiger partial charge in [0.2, 0.25) is 5.75 Å². The van der Waals surface area contributed by atoms with Crippen molar-refractivity contribution in [3.05, 3.63) is 185 Å². The van der Waals surface area contributed by atoms with Crippen LogP contribution in [0.15, 0.2) is 152 Å². The fourth-order valence-corrected chi connectivity index (χ4v) is 6.03. The molecule has 2 aliphatic heterocycles. The molecule has 6 aromatic rings. The molecule has 0 saturated carbocycles. The van der Waals surface area contributed by atoms with Crippen molar-refractivity contribution in [2.24, 2.45) is 0 Å². The number of fused-ring (bicyclic) bond motifs is 2. The van der Waals surface area contributed by atoms with Crippen LogP contribution in [0.3, 0.4) is 0 Å². The highest BCUT2D eigenvalue weighted by Crippen LogP contribution is 2.52. The molecular weight excluding hydrogens is 592 g/mol. The topological polar surface area (TPSA) is 83.5 Å². The van der Waals surface area contributed by atoms with Gasteiger partial charge < -0.3 is 28.8 Å². The minimum atomic E-state index is -1.35. The first kappa shape index (κ1) is 28.4. The summed E-state index contributed by atoms with van der Waals surface area (Å²) in [5.74, 6) is -2.33. The summed E-state index contributed by atoms with van der Waals surface area (Å²) in [6, 6.07) is 46.3. The summed E-state index contributed by atoms with van der Waals surface area (Å²) >= 11 is 0. The van der Waals surface area contributed by atoms with Gasteiger partial charge in [-0.05, 0) is 24.3 Å². The number of carbonyl (C=O) groups is 1. The van der Waals surface area contributed by atoms with E-state index in [1.54, 1.807) is 12.1 Å². The maximum atomic E-state index is 13.5. The maximum absolute atomic E-state index is 13.5. The number of hydrogen-bond acceptors (Lipinski definition) is 7. The highest BCUT2D eigenvalue weighted by atomic mass is 16.7. The zero-order chi connectivity index (χ0) is 31.8. The van der Waals surface area contributed by atoms with E-state index >= 15 is 0 Å². The van der Waals surface area contributed by atoms with Crippen molar-refractivity contribution in [1.82, 2.24) is 0 Å². The van der Waals surface area contributed by atoms with Crippen LogP contribution in [0, 0.1) is 0 Å². The molecule has 0 fully saturated rings. The number of ether oxygens (including phenoxy) is 5. The molecule has 0 amide bonds. The number of hydrogen-bond donors (Lipinski definition) is 1. The van der Waals surface area contributed by atoms with Crippen molar-refractivity contribution in [3.8, 4) is 28.7 Å². The van der Waals surface area contributed by atoms with Crippen LogP contribution < -0.4 is 18.9 Å². The highest BCUT2D eigenvalue weighted by molar-refractivity contribution is 5.93. The zero-order valence-corrected chi connectivity index (χ0v) is 25.0. The number of aromatic hydroxyl groups is 1. The Balaban J connectivity index is 1.09. The van der Waals surface area contributed by atoms with Crippen molar-refractivity contribution in [2.75, 3.05) is 0 Å². The average molecular weight is 621 g/mol. The Morgan fingerprint density at radius 2 is 1.09 bits per heavy atom. The van der Waals surface area contributed by atoms with E-state index in [0.29, 0.717) is 5.75 Å². The fraction of sp³-hybridized carbons (Fsp3) is 0.0750. The van der Waals surface area contributed by atoms with Gasteiger partial charge in [-0.1, -0.05) is 121 Å². The summed E-state index contributed by atoms with van der Waals surface area (Å²) in [4.78, 5) is 13.5. The van der Waals surface area contributed by atoms with Gasteiger partial charge in [-0.2, -0.15) is 0 Å². The summed E-state index contributed by atoms with van der Waals surface area (Å²) in [5.41, 5.74) is 4.02. The third-order valence-corrected chi connectivity index (χ3v) is 8.32. The van der Waals surface area contributed by atoms with Crippen molar-refractivity contribution in [3.63, 3.8) is 0 Å². The predicted octanol–water partition coefficient (Wildman–Crippen LogP) is 8.09. The van der Waals surface area contributed by atoms with Crippen molar-refractivity contribution >= 4 is 5.97 Å². The van der Waals surface area contributed by atoms with Gasteiger partial charge in [0.05, 0.1) is 12.2 Å². The van der Waals surface area contributed by atoms with E-state index < -0.39 is 17.5 Å². The lowest BCUT2D eigenvalue weighted by Gasteiger charge is -2.39. The first-order chi connectivity index (χ1) is 23.0. The van der Waals surface area contributed by atoms with E-state index in [1.807, 2.05) is 127 Å². The number of phenolic OH excluding ortho intramolecular Hbond substituents is 1. The van der Waals surface area contributed by atoms with E-state index in [9.17, 15) is 9.90 Å². The molecule has 0 atom stereocenters. The van der Waals surface area contributed by atoms with Crippen LogP contribution in [0.5, 0.6) is 28.7 Å². The van der Waals surface area contributed by atoms with E-state index in [1.165, 1.54) is 12.1 Å². The summed E-state index contributed by atoms with van der Waals surface area (Å²) < 4.78 is 31.6. The monoisotopic (exact) mass is 620 g/mol. The largest absolute Gasteiger partial charge is 0.504 e. The molecule has 8 rings (SSSR count). The molecule has 6 aromatic carbocycles. The number of benzene rings is 6. The summed E-state index contributed by atoms with van der Waals surface area (Å²) in [7, 11) is 0. The molecule has 2 aliphatic rings. The van der Waals surface area contributed by atoms with Crippen LogP contribution in [0.1, 0.15) is 38.2 Å². The van der Waals surface area contributed by atoms with Gasteiger partial charge in [0.25, 0.3) is 5.79 Å². The molecule has 2 heterocycles. The second kappa shape index (κ2) is 11.4. The van der Waals surface area contributed by atoms with Gasteiger partial charge in [-0.25, -0.2) is 4.79 Å². The molecule has 7 nitrogen and oxygen atoms in total. The second-order valence-corrected chi connectivity index (χ2v) is 11.3. The molecule has 7 heteroatoms. The lowest BCUT2D eigenvalue weighted by Crippen LogP contribution is -2.40. The van der Waals surface area contributed by atoms with Crippen molar-refractivity contribution < 1.29 is 33.6 Å². The molecule has 0 aliphatic carbocycles. The Kier molecular flexibility index (Phi) is 6.89. The summed E-state index contributed by atoms with van der Waals surface area (Å²) in [6.07, 6.45) is 0. The van der Waals surface area contributed by atoms with Crippen LogP contribution >= 0.6 is 0 Å². The third kappa shape index (κ3) is 4.94. The summed E-state index contributed by atoms with van der Waals surface area (Å²) in [6.45, 7) is 0.286. The van der Waals surface area contributed by atoms with Crippen LogP contribution in [-0.4, -0.2) is 11.1 Å². The summed E-state index contributed by atoms with van der Waals surface area (Å²) in [5, 5.41) is 11.0. The molecule has 0 aromatic heterocycles. The van der Waals surface area contributed by atoms with E-state index in [2.05, 4.69) is 0 Å². The number of esters is 1. The number of carbonyl (C=O) groups excluding carboxylic acids is 1. The fourth-order valence-electron chi connectivity index (χ4n) is 6.03. The minimum Gasteiger partial charge on any atom is -0.504 e. The van der Waals surface area contributed by atoms with Gasteiger partial charge in [0, 0.05) is 33.9 Å². The van der Waals surface area contributed by atoms with Gasteiger partial charge in [0.1, 0.15) is 11.5 Å². The zero-order valence-electron chi connectivity index (χ0n) is 25.0. The molecule has 0 bridgehead atoms. The molecule has 0 spiro atoms.